The summed E-state index contributed by atoms with van der Waals surface area (Å²) in [4.78, 5) is 6.15. The second-order valence-electron chi connectivity index (χ2n) is 8.70. The number of unbranched alkanes of at least 4 members (excludes halogenated alkanes) is 9. The van der Waals surface area contributed by atoms with Crippen molar-refractivity contribution in [3.05, 3.63) is 11.6 Å². The third-order valence-corrected chi connectivity index (χ3v) is 5.91. The van der Waals surface area contributed by atoms with E-state index in [2.05, 4.69) is 23.5 Å². The molecule has 0 fully saturated rings. The predicted octanol–water partition coefficient (Wildman–Crippen LogP) is 4.17. The molecule has 1 heterocycles. The Kier molecular flexibility index (Phi) is 15.1. The third-order valence-electron chi connectivity index (χ3n) is 5.91. The van der Waals surface area contributed by atoms with Crippen molar-refractivity contribution in [1.82, 2.24) is 14.5 Å². The van der Waals surface area contributed by atoms with Crippen LogP contribution < -0.4 is 5.84 Å². The topological polar surface area (TPSA) is 90.2 Å². The highest BCUT2D eigenvalue weighted by molar-refractivity contribution is 5.35. The molecular formula is C24H47N5O2. The molecule has 31 heavy (non-hydrogen) atoms. The first kappa shape index (κ1) is 27.5. The minimum absolute atomic E-state index is 0.136. The summed E-state index contributed by atoms with van der Waals surface area (Å²) in [5.41, 5.74) is 0.845. The molecule has 7 heteroatoms. The minimum atomic E-state index is 0.136. The summed E-state index contributed by atoms with van der Waals surface area (Å²) in [6.07, 6.45) is 13.7. The van der Waals surface area contributed by atoms with E-state index >= 15 is 0 Å². The Morgan fingerprint density at radius 3 is 2.13 bits per heavy atom. The largest absolute Gasteiger partial charge is 0.494 e. The lowest BCUT2D eigenvalue weighted by Crippen LogP contribution is -2.39. The molecule has 0 aliphatic heterocycles. The zero-order valence-corrected chi connectivity index (χ0v) is 20.1. The zero-order chi connectivity index (χ0) is 22.9. The molecule has 0 atom stereocenters. The number of rotatable bonds is 20. The quantitative estimate of drug-likeness (QED) is 0.123. The van der Waals surface area contributed by atoms with Gasteiger partial charge in [-0.1, -0.05) is 64.7 Å². The molecule has 4 N–H and O–H groups in total. The third kappa shape index (κ3) is 12.1. The monoisotopic (exact) mass is 437 g/mol. The van der Waals surface area contributed by atoms with Crippen LogP contribution in [0.4, 0.5) is 0 Å². The molecule has 1 rings (SSSR count). The van der Waals surface area contributed by atoms with E-state index in [4.69, 9.17) is 5.84 Å². The second-order valence-corrected chi connectivity index (χ2v) is 8.70. The van der Waals surface area contributed by atoms with Crippen LogP contribution in [0.1, 0.15) is 76.7 Å². The van der Waals surface area contributed by atoms with E-state index in [0.717, 1.165) is 38.0 Å². The number of nitrogens with two attached hydrogens (primary N) is 1. The van der Waals surface area contributed by atoms with Gasteiger partial charge in [-0.25, -0.2) is 5.01 Å². The lowest BCUT2D eigenvalue weighted by atomic mass is 10.0. The normalized spacial score (nSPS) is 11.6. The molecule has 0 aromatic carbocycles. The molecule has 0 radical (unpaired) electrons. The summed E-state index contributed by atoms with van der Waals surface area (Å²) in [6.45, 7) is 10.0. The van der Waals surface area contributed by atoms with E-state index in [0.29, 0.717) is 19.6 Å². The number of hydrogen-bond acceptors (Lipinski definition) is 6. The van der Waals surface area contributed by atoms with Crippen LogP contribution in [0.5, 0.6) is 11.8 Å². The van der Waals surface area contributed by atoms with Crippen LogP contribution in [0.2, 0.25) is 0 Å². The first-order chi connectivity index (χ1) is 15.0. The Balaban J connectivity index is 2.35. The van der Waals surface area contributed by atoms with E-state index in [9.17, 15) is 10.2 Å². The number of aromatic hydroxyl groups is 2. The highest BCUT2D eigenvalue weighted by Crippen LogP contribution is 2.29. The van der Waals surface area contributed by atoms with Gasteiger partial charge in [0.15, 0.2) is 11.8 Å². The molecule has 0 unspecified atom stereocenters. The van der Waals surface area contributed by atoms with Gasteiger partial charge in [-0.05, 0) is 19.6 Å². The van der Waals surface area contributed by atoms with Crippen LogP contribution in [0, 0.1) is 0 Å². The maximum atomic E-state index is 10.6. The van der Waals surface area contributed by atoms with Gasteiger partial charge in [-0.3, -0.25) is 20.3 Å². The maximum absolute atomic E-state index is 10.6. The van der Waals surface area contributed by atoms with Crippen molar-refractivity contribution < 1.29 is 10.2 Å². The molecule has 7 nitrogen and oxygen atoms in total. The van der Waals surface area contributed by atoms with Gasteiger partial charge in [0.2, 0.25) is 0 Å². The van der Waals surface area contributed by atoms with Gasteiger partial charge < -0.3 is 10.2 Å². The van der Waals surface area contributed by atoms with Gasteiger partial charge in [-0.15, -0.1) is 0 Å². The van der Waals surface area contributed by atoms with Crippen molar-refractivity contribution in [2.75, 3.05) is 39.8 Å². The second kappa shape index (κ2) is 17.0. The number of nitrogens with zero attached hydrogens (tertiary/aromatic N) is 4. The molecule has 0 saturated heterocycles. The van der Waals surface area contributed by atoms with E-state index in [1.54, 1.807) is 15.6 Å². The van der Waals surface area contributed by atoms with Crippen LogP contribution in [-0.4, -0.2) is 71.2 Å². The number of hydrazine groups is 1. The van der Waals surface area contributed by atoms with Crippen LogP contribution >= 0.6 is 0 Å². The Hall–Kier alpha value is -1.57. The van der Waals surface area contributed by atoms with Crippen molar-refractivity contribution in [3.8, 4) is 11.8 Å². The summed E-state index contributed by atoms with van der Waals surface area (Å²) in [7, 11) is 1.84. The van der Waals surface area contributed by atoms with Crippen molar-refractivity contribution in [2.45, 2.75) is 84.1 Å². The van der Waals surface area contributed by atoms with E-state index in [1.807, 2.05) is 7.05 Å². The number of aliphatic imine (C=N–C) groups is 1. The molecule has 0 aliphatic carbocycles. The van der Waals surface area contributed by atoms with Crippen LogP contribution in [0.3, 0.4) is 0 Å². The van der Waals surface area contributed by atoms with Crippen molar-refractivity contribution in [2.24, 2.45) is 10.8 Å². The molecule has 0 saturated carbocycles. The summed E-state index contributed by atoms with van der Waals surface area (Å²) in [5, 5.41) is 22.6. The molecule has 0 aliphatic rings. The first-order valence-electron chi connectivity index (χ1n) is 12.2. The minimum Gasteiger partial charge on any atom is -0.494 e. The van der Waals surface area contributed by atoms with E-state index < -0.39 is 0 Å². The van der Waals surface area contributed by atoms with Crippen LogP contribution in [0.15, 0.2) is 11.1 Å². The summed E-state index contributed by atoms with van der Waals surface area (Å²) < 4.78 is 1.60. The zero-order valence-electron chi connectivity index (χ0n) is 20.1. The van der Waals surface area contributed by atoms with Gasteiger partial charge in [0.05, 0.1) is 6.54 Å². The van der Waals surface area contributed by atoms with Gasteiger partial charge in [0.1, 0.15) is 0 Å². The lowest BCUT2D eigenvalue weighted by molar-refractivity contribution is 0.219. The van der Waals surface area contributed by atoms with Crippen molar-refractivity contribution in [1.29, 1.82) is 0 Å². The van der Waals surface area contributed by atoms with Gasteiger partial charge in [-0.2, -0.15) is 0 Å². The first-order valence-corrected chi connectivity index (χ1v) is 12.2. The highest BCUT2D eigenvalue weighted by atomic mass is 16.3. The van der Waals surface area contributed by atoms with Gasteiger partial charge in [0.25, 0.3) is 0 Å². The van der Waals surface area contributed by atoms with Crippen molar-refractivity contribution >= 4 is 6.72 Å². The fourth-order valence-corrected chi connectivity index (χ4v) is 3.88. The Labute approximate surface area is 189 Å². The summed E-state index contributed by atoms with van der Waals surface area (Å²) in [6, 6.07) is 1.71. The molecule has 0 bridgehead atoms. The number of aromatic nitrogens is 1. The van der Waals surface area contributed by atoms with E-state index in [-0.39, 0.29) is 11.8 Å². The molecule has 0 spiro atoms. The number of hydrogen-bond donors (Lipinski definition) is 3. The van der Waals surface area contributed by atoms with Crippen molar-refractivity contribution in [3.63, 3.8) is 0 Å². The molecule has 180 valence electrons. The summed E-state index contributed by atoms with van der Waals surface area (Å²) >= 11 is 0. The SMILES string of the molecule is C=NCCN(CCN(C)N)CCn1c(O)cc(CCCCCCCCCCCC)c1O. The fourth-order valence-electron chi connectivity index (χ4n) is 3.88. The smallest absolute Gasteiger partial charge is 0.197 e. The van der Waals surface area contributed by atoms with E-state index in [1.165, 1.54) is 57.8 Å². The average molecular weight is 438 g/mol. The molecular weight excluding hydrogens is 390 g/mol. The Morgan fingerprint density at radius 2 is 1.55 bits per heavy atom. The molecule has 0 amide bonds. The maximum Gasteiger partial charge on any atom is 0.197 e. The lowest BCUT2D eigenvalue weighted by Gasteiger charge is -2.23. The van der Waals surface area contributed by atoms with Crippen LogP contribution in [0.25, 0.3) is 0 Å². The number of likely N-dealkylation sites (N-methyl/N-ethyl adjacent to an activating group) is 1. The number of aryl methyl sites for hydroxylation is 1. The van der Waals surface area contributed by atoms with Gasteiger partial charge >= 0.3 is 0 Å². The Morgan fingerprint density at radius 1 is 0.935 bits per heavy atom. The molecule has 1 aromatic heterocycles. The predicted molar refractivity (Wildman–Crippen MR) is 131 cm³/mol. The van der Waals surface area contributed by atoms with Gasteiger partial charge in [0, 0.05) is 51.4 Å². The standard InChI is InChI=1S/C24H47N5O2/c1-4-5-6-7-8-9-10-11-12-13-14-22-21-23(30)29(24(22)31)20-19-28(16-15-26-2)18-17-27(3)25/h21,30-31H,2,4-20,25H2,1,3H3. The molecule has 1 aromatic rings. The Bertz CT molecular complexity index is 589. The fraction of sp³-hybridized carbons (Fsp3) is 0.792. The van der Waals surface area contributed by atoms with Crippen LogP contribution in [-0.2, 0) is 13.0 Å². The average Bonchev–Trinajstić information content (AvgIpc) is 3.01. The summed E-state index contributed by atoms with van der Waals surface area (Å²) in [5.74, 6) is 6.06. The highest BCUT2D eigenvalue weighted by Gasteiger charge is 2.15.